The highest BCUT2D eigenvalue weighted by atomic mass is 35.5. The van der Waals surface area contributed by atoms with Crippen LogP contribution in [0.25, 0.3) is 21.6 Å². The lowest BCUT2D eigenvalue weighted by Crippen LogP contribution is -2.23. The molecule has 2 aromatic carbocycles. The Balaban J connectivity index is 1.73. The summed E-state index contributed by atoms with van der Waals surface area (Å²) >= 11 is 7.49. The van der Waals surface area contributed by atoms with Gasteiger partial charge in [0.2, 0.25) is 5.91 Å². The van der Waals surface area contributed by atoms with E-state index < -0.39 is 11.3 Å². The minimum Gasteiger partial charge on any atom is -0.465 e. The minimum absolute atomic E-state index is 0.146. The second-order valence-corrected chi connectivity index (χ2v) is 8.77. The number of hydrogen-bond acceptors (Lipinski definition) is 4. The second-order valence-electron chi connectivity index (χ2n) is 7.08. The molecule has 1 fully saturated rings. The van der Waals surface area contributed by atoms with Gasteiger partial charge in [-0.3, -0.25) is 9.59 Å². The molecule has 6 heteroatoms. The van der Waals surface area contributed by atoms with Crippen LogP contribution in [-0.2, 0) is 14.9 Å². The number of rotatable bonds is 6. The van der Waals surface area contributed by atoms with Crippen LogP contribution in [0.1, 0.15) is 35.7 Å². The van der Waals surface area contributed by atoms with E-state index in [-0.39, 0.29) is 5.97 Å². The number of esters is 1. The third-order valence-corrected chi connectivity index (χ3v) is 6.60. The summed E-state index contributed by atoms with van der Waals surface area (Å²) in [6, 6.07) is 17.4. The van der Waals surface area contributed by atoms with E-state index in [1.54, 1.807) is 6.07 Å². The lowest BCUT2D eigenvalue weighted by Gasteiger charge is -2.15. The minimum atomic E-state index is -0.501. The van der Waals surface area contributed by atoms with Crippen molar-refractivity contribution >= 4 is 34.8 Å². The van der Waals surface area contributed by atoms with Gasteiger partial charge in [0.05, 0.1) is 21.9 Å². The van der Waals surface area contributed by atoms with Gasteiger partial charge in [-0.25, -0.2) is 0 Å². The zero-order valence-electron chi connectivity index (χ0n) is 15.9. The van der Waals surface area contributed by atoms with Crippen molar-refractivity contribution in [2.45, 2.75) is 25.2 Å². The van der Waals surface area contributed by atoms with Gasteiger partial charge in [-0.05, 0) is 42.5 Å². The highest BCUT2D eigenvalue weighted by molar-refractivity contribution is 7.19. The molecule has 148 valence electrons. The van der Waals surface area contributed by atoms with Crippen LogP contribution in [0.3, 0.4) is 0 Å². The van der Waals surface area contributed by atoms with Crippen molar-refractivity contribution in [1.29, 1.82) is 0 Å². The molecule has 0 spiro atoms. The second kappa shape index (κ2) is 7.65. The average molecular weight is 426 g/mol. The summed E-state index contributed by atoms with van der Waals surface area (Å²) in [7, 11) is 0. The zero-order valence-corrected chi connectivity index (χ0v) is 17.5. The maximum atomic E-state index is 12.3. The number of hydrogen-bond donors (Lipinski definition) is 1. The number of nitrogens with two attached hydrogens (primary N) is 1. The van der Waals surface area contributed by atoms with Crippen LogP contribution in [-0.4, -0.2) is 18.5 Å². The molecule has 1 saturated carbocycles. The molecule has 4 nitrogen and oxygen atoms in total. The van der Waals surface area contributed by atoms with Crippen molar-refractivity contribution in [2.75, 3.05) is 6.61 Å². The number of thiophene rings is 1. The van der Waals surface area contributed by atoms with Gasteiger partial charge in [-0.15, -0.1) is 11.3 Å². The van der Waals surface area contributed by atoms with Crippen molar-refractivity contribution in [3.05, 3.63) is 70.1 Å². The van der Waals surface area contributed by atoms with Crippen LogP contribution in [0.2, 0.25) is 4.34 Å². The summed E-state index contributed by atoms with van der Waals surface area (Å²) in [5.74, 6) is -0.647. The van der Waals surface area contributed by atoms with E-state index in [0.29, 0.717) is 16.5 Å². The molecule has 0 unspecified atom stereocenters. The Bertz CT molecular complexity index is 1080. The van der Waals surface area contributed by atoms with Gasteiger partial charge in [0, 0.05) is 10.4 Å². The first-order chi connectivity index (χ1) is 14.0. The topological polar surface area (TPSA) is 69.4 Å². The molecule has 1 heterocycles. The summed E-state index contributed by atoms with van der Waals surface area (Å²) in [4.78, 5) is 25.0. The molecule has 1 aromatic heterocycles. The summed E-state index contributed by atoms with van der Waals surface area (Å²) in [5.41, 5.74) is 9.32. The fraction of sp³-hybridized carbons (Fsp3) is 0.217. The molecule has 3 aromatic rings. The van der Waals surface area contributed by atoms with E-state index in [0.717, 1.165) is 40.0 Å². The molecule has 29 heavy (non-hydrogen) atoms. The molecule has 0 radical (unpaired) electrons. The maximum absolute atomic E-state index is 12.3. The standard InChI is InChI=1S/C23H20ClNO3S/c1-2-28-22(27)23(11-12-23)15-9-7-14(8-10-15)16-5-3-4-6-17(16)20-18(21(25)26)13-19(24)29-20/h3-10,13H,2,11-12H2,1H3,(H2,25,26). The lowest BCUT2D eigenvalue weighted by molar-refractivity contribution is -0.146. The lowest BCUT2D eigenvalue weighted by atomic mass is 9.92. The van der Waals surface area contributed by atoms with Crippen LogP contribution >= 0.6 is 22.9 Å². The normalized spacial score (nSPS) is 14.4. The maximum Gasteiger partial charge on any atom is 0.316 e. The van der Waals surface area contributed by atoms with Gasteiger partial charge in [0.1, 0.15) is 0 Å². The number of carbonyl (C=O) groups is 2. The number of benzene rings is 2. The first-order valence-electron chi connectivity index (χ1n) is 9.43. The molecule has 0 atom stereocenters. The van der Waals surface area contributed by atoms with Crippen molar-refractivity contribution in [3.63, 3.8) is 0 Å². The van der Waals surface area contributed by atoms with Crippen LogP contribution in [0.5, 0.6) is 0 Å². The summed E-state index contributed by atoms with van der Waals surface area (Å²) < 4.78 is 5.78. The number of primary amides is 1. The molecular formula is C23H20ClNO3S. The third-order valence-electron chi connectivity index (χ3n) is 5.30. The monoisotopic (exact) mass is 425 g/mol. The van der Waals surface area contributed by atoms with Crippen LogP contribution < -0.4 is 5.73 Å². The van der Waals surface area contributed by atoms with Gasteiger partial charge in [-0.2, -0.15) is 0 Å². The fourth-order valence-electron chi connectivity index (χ4n) is 3.65. The van der Waals surface area contributed by atoms with Gasteiger partial charge in [0.25, 0.3) is 0 Å². The quantitative estimate of drug-likeness (QED) is 0.535. The molecule has 0 aliphatic heterocycles. The van der Waals surface area contributed by atoms with Gasteiger partial charge < -0.3 is 10.5 Å². The number of halogens is 1. The molecular weight excluding hydrogens is 406 g/mol. The van der Waals surface area contributed by atoms with Crippen molar-refractivity contribution in [2.24, 2.45) is 5.73 Å². The predicted molar refractivity (Wildman–Crippen MR) is 116 cm³/mol. The Morgan fingerprint density at radius 1 is 1.10 bits per heavy atom. The number of ether oxygens (including phenoxy) is 1. The first kappa shape index (κ1) is 19.7. The fourth-order valence-corrected chi connectivity index (χ4v) is 4.92. The van der Waals surface area contributed by atoms with E-state index in [1.807, 2.05) is 55.5 Å². The Morgan fingerprint density at radius 2 is 1.76 bits per heavy atom. The molecule has 1 amide bonds. The van der Waals surface area contributed by atoms with Gasteiger partial charge >= 0.3 is 5.97 Å². The average Bonchev–Trinajstić information content (AvgIpc) is 3.44. The van der Waals surface area contributed by atoms with Crippen LogP contribution in [0, 0.1) is 0 Å². The highest BCUT2D eigenvalue weighted by Gasteiger charge is 2.52. The Hall–Kier alpha value is -2.63. The van der Waals surface area contributed by atoms with Gasteiger partial charge in [0.15, 0.2) is 0 Å². The molecule has 0 saturated heterocycles. The van der Waals surface area contributed by atoms with Crippen molar-refractivity contribution in [1.82, 2.24) is 0 Å². The van der Waals surface area contributed by atoms with E-state index in [1.165, 1.54) is 11.3 Å². The largest absolute Gasteiger partial charge is 0.465 e. The Labute approximate surface area is 178 Å². The Kier molecular flexibility index (Phi) is 5.19. The molecule has 2 N–H and O–H groups in total. The van der Waals surface area contributed by atoms with Crippen molar-refractivity contribution in [3.8, 4) is 21.6 Å². The summed E-state index contributed by atoms with van der Waals surface area (Å²) in [6.45, 7) is 2.21. The third kappa shape index (κ3) is 3.56. The summed E-state index contributed by atoms with van der Waals surface area (Å²) in [5, 5.41) is 0. The Morgan fingerprint density at radius 3 is 2.34 bits per heavy atom. The SMILES string of the molecule is CCOC(=O)C1(c2ccc(-c3ccccc3-c3sc(Cl)cc3C(N)=O)cc2)CC1. The summed E-state index contributed by atoms with van der Waals surface area (Å²) in [6.07, 6.45) is 1.63. The van der Waals surface area contributed by atoms with Crippen LogP contribution in [0.15, 0.2) is 54.6 Å². The zero-order chi connectivity index (χ0) is 20.6. The number of carbonyl (C=O) groups excluding carboxylic acids is 2. The molecule has 0 bridgehead atoms. The van der Waals surface area contributed by atoms with E-state index in [9.17, 15) is 9.59 Å². The predicted octanol–water partition coefficient (Wildman–Crippen LogP) is 5.43. The molecule has 1 aliphatic rings. The molecule has 4 rings (SSSR count). The smallest absolute Gasteiger partial charge is 0.316 e. The molecule has 1 aliphatic carbocycles. The van der Waals surface area contributed by atoms with E-state index in [4.69, 9.17) is 22.1 Å². The van der Waals surface area contributed by atoms with E-state index in [2.05, 4.69) is 0 Å². The van der Waals surface area contributed by atoms with Crippen LogP contribution in [0.4, 0.5) is 0 Å². The first-order valence-corrected chi connectivity index (χ1v) is 10.6. The number of amides is 1. The van der Waals surface area contributed by atoms with Gasteiger partial charge in [-0.1, -0.05) is 60.1 Å². The van der Waals surface area contributed by atoms with Crippen molar-refractivity contribution < 1.29 is 14.3 Å². The van der Waals surface area contributed by atoms with E-state index >= 15 is 0 Å². The highest BCUT2D eigenvalue weighted by Crippen LogP contribution is 2.49.